The first-order valence-electron chi connectivity index (χ1n) is 4.95. The zero-order valence-electron chi connectivity index (χ0n) is 8.25. The van der Waals surface area contributed by atoms with E-state index >= 15 is 0 Å². The SMILES string of the molecule is CC(=O)c1cc(C2CCNCC2)on1. The third-order valence-electron chi connectivity index (χ3n) is 2.63. The molecule has 0 aliphatic carbocycles. The molecule has 1 aliphatic heterocycles. The van der Waals surface area contributed by atoms with Crippen LogP contribution in [0.1, 0.15) is 41.9 Å². The van der Waals surface area contributed by atoms with Crippen molar-refractivity contribution in [3.05, 3.63) is 17.5 Å². The van der Waals surface area contributed by atoms with Crippen LogP contribution in [-0.2, 0) is 0 Å². The number of ketones is 1. The number of carbonyl (C=O) groups excluding carboxylic acids is 1. The Morgan fingerprint density at radius 2 is 2.29 bits per heavy atom. The minimum Gasteiger partial charge on any atom is -0.360 e. The van der Waals surface area contributed by atoms with Crippen molar-refractivity contribution in [3.8, 4) is 0 Å². The molecule has 0 spiro atoms. The highest BCUT2D eigenvalue weighted by molar-refractivity contribution is 5.91. The van der Waals surface area contributed by atoms with Crippen LogP contribution in [0.3, 0.4) is 0 Å². The minimum atomic E-state index is -0.0334. The van der Waals surface area contributed by atoms with Gasteiger partial charge in [0.25, 0.3) is 0 Å². The van der Waals surface area contributed by atoms with Crippen LogP contribution in [0, 0.1) is 0 Å². The molecule has 1 aromatic heterocycles. The molecule has 2 heterocycles. The normalized spacial score (nSPS) is 18.4. The Kier molecular flexibility index (Phi) is 2.63. The van der Waals surface area contributed by atoms with E-state index in [9.17, 15) is 4.79 Å². The molecule has 76 valence electrons. The van der Waals surface area contributed by atoms with E-state index in [0.717, 1.165) is 31.7 Å². The van der Waals surface area contributed by atoms with Gasteiger partial charge in [0.05, 0.1) is 0 Å². The van der Waals surface area contributed by atoms with Crippen molar-refractivity contribution in [1.29, 1.82) is 0 Å². The Morgan fingerprint density at radius 1 is 1.57 bits per heavy atom. The van der Waals surface area contributed by atoms with Gasteiger partial charge < -0.3 is 9.84 Å². The minimum absolute atomic E-state index is 0.0334. The fraction of sp³-hybridized carbons (Fsp3) is 0.600. The Labute approximate surface area is 82.7 Å². The lowest BCUT2D eigenvalue weighted by Crippen LogP contribution is -2.26. The summed E-state index contributed by atoms with van der Waals surface area (Å²) in [6.07, 6.45) is 2.12. The maximum atomic E-state index is 11.0. The quantitative estimate of drug-likeness (QED) is 0.722. The Balaban J connectivity index is 2.11. The predicted octanol–water partition coefficient (Wildman–Crippen LogP) is 1.34. The zero-order chi connectivity index (χ0) is 9.97. The van der Waals surface area contributed by atoms with E-state index in [1.54, 1.807) is 6.07 Å². The molecular formula is C10H14N2O2. The first-order valence-corrected chi connectivity index (χ1v) is 4.95. The summed E-state index contributed by atoms with van der Waals surface area (Å²) < 4.78 is 5.17. The van der Waals surface area contributed by atoms with Gasteiger partial charge in [0.2, 0.25) is 0 Å². The third kappa shape index (κ3) is 1.85. The standard InChI is InChI=1S/C10H14N2O2/c1-7(13)9-6-10(14-12-9)8-2-4-11-5-3-8/h6,8,11H,2-5H2,1H3. The van der Waals surface area contributed by atoms with Crippen LogP contribution >= 0.6 is 0 Å². The van der Waals surface area contributed by atoms with Gasteiger partial charge in [-0.3, -0.25) is 4.79 Å². The van der Waals surface area contributed by atoms with Crippen molar-refractivity contribution in [2.24, 2.45) is 0 Å². The summed E-state index contributed by atoms with van der Waals surface area (Å²) in [4.78, 5) is 11.0. The van der Waals surface area contributed by atoms with Gasteiger partial charge in [0, 0.05) is 18.9 Å². The number of nitrogens with one attached hydrogen (secondary N) is 1. The summed E-state index contributed by atoms with van der Waals surface area (Å²) in [5.41, 5.74) is 0.443. The summed E-state index contributed by atoms with van der Waals surface area (Å²) in [6.45, 7) is 3.53. The molecule has 0 saturated carbocycles. The number of hydrogen-bond donors (Lipinski definition) is 1. The van der Waals surface area contributed by atoms with E-state index < -0.39 is 0 Å². The van der Waals surface area contributed by atoms with Crippen LogP contribution in [0.15, 0.2) is 10.6 Å². The Morgan fingerprint density at radius 3 is 2.86 bits per heavy atom. The molecule has 2 rings (SSSR count). The van der Waals surface area contributed by atoms with Crippen LogP contribution in [-0.4, -0.2) is 24.0 Å². The van der Waals surface area contributed by atoms with Crippen molar-refractivity contribution < 1.29 is 9.32 Å². The third-order valence-corrected chi connectivity index (χ3v) is 2.63. The number of nitrogens with zero attached hydrogens (tertiary/aromatic N) is 1. The van der Waals surface area contributed by atoms with E-state index in [4.69, 9.17) is 4.52 Å². The number of piperidine rings is 1. The summed E-state index contributed by atoms with van der Waals surface area (Å²) in [5, 5.41) is 7.03. The lowest BCUT2D eigenvalue weighted by molar-refractivity contribution is 0.100. The smallest absolute Gasteiger partial charge is 0.181 e. The van der Waals surface area contributed by atoms with E-state index in [2.05, 4.69) is 10.5 Å². The van der Waals surface area contributed by atoms with Crippen LogP contribution in [0.25, 0.3) is 0 Å². The molecule has 0 unspecified atom stereocenters. The van der Waals surface area contributed by atoms with Crippen LogP contribution in [0.5, 0.6) is 0 Å². The van der Waals surface area contributed by atoms with Crippen molar-refractivity contribution in [2.75, 3.05) is 13.1 Å². The summed E-state index contributed by atoms with van der Waals surface area (Å²) in [5.74, 6) is 1.25. The van der Waals surface area contributed by atoms with Gasteiger partial charge in [0.1, 0.15) is 11.5 Å². The van der Waals surface area contributed by atoms with Gasteiger partial charge in [-0.05, 0) is 25.9 Å². The lowest BCUT2D eigenvalue weighted by atomic mass is 9.95. The Hall–Kier alpha value is -1.16. The molecule has 4 heteroatoms. The molecule has 14 heavy (non-hydrogen) atoms. The maximum absolute atomic E-state index is 11.0. The number of rotatable bonds is 2. The van der Waals surface area contributed by atoms with Gasteiger partial charge in [-0.25, -0.2) is 0 Å². The number of carbonyl (C=O) groups is 1. The van der Waals surface area contributed by atoms with Gasteiger partial charge in [-0.2, -0.15) is 0 Å². The monoisotopic (exact) mass is 194 g/mol. The maximum Gasteiger partial charge on any atom is 0.181 e. The second-order valence-corrected chi connectivity index (χ2v) is 3.69. The number of aromatic nitrogens is 1. The molecule has 0 bridgehead atoms. The molecule has 1 saturated heterocycles. The van der Waals surface area contributed by atoms with E-state index in [-0.39, 0.29) is 5.78 Å². The summed E-state index contributed by atoms with van der Waals surface area (Å²) in [7, 11) is 0. The van der Waals surface area contributed by atoms with Crippen molar-refractivity contribution in [1.82, 2.24) is 10.5 Å². The average molecular weight is 194 g/mol. The van der Waals surface area contributed by atoms with Crippen LogP contribution in [0.2, 0.25) is 0 Å². The Bertz CT molecular complexity index is 327. The van der Waals surface area contributed by atoms with Crippen molar-refractivity contribution in [3.63, 3.8) is 0 Å². The highest BCUT2D eigenvalue weighted by atomic mass is 16.5. The number of Topliss-reactive ketones (excluding diaryl/α,β-unsaturated/α-hetero) is 1. The predicted molar refractivity (Wildman–Crippen MR) is 51.4 cm³/mol. The first-order chi connectivity index (χ1) is 6.77. The zero-order valence-corrected chi connectivity index (χ0v) is 8.25. The lowest BCUT2D eigenvalue weighted by Gasteiger charge is -2.19. The molecule has 1 N–H and O–H groups in total. The average Bonchev–Trinajstić information content (AvgIpc) is 2.68. The topological polar surface area (TPSA) is 55.1 Å². The second-order valence-electron chi connectivity index (χ2n) is 3.69. The fourth-order valence-corrected chi connectivity index (χ4v) is 1.75. The molecule has 0 atom stereocenters. The first kappa shape index (κ1) is 9.40. The van der Waals surface area contributed by atoms with E-state index in [1.807, 2.05) is 0 Å². The molecule has 0 aromatic carbocycles. The molecule has 4 nitrogen and oxygen atoms in total. The van der Waals surface area contributed by atoms with E-state index in [0.29, 0.717) is 11.6 Å². The van der Waals surface area contributed by atoms with Gasteiger partial charge in [0.15, 0.2) is 5.78 Å². The molecule has 0 radical (unpaired) electrons. The summed E-state index contributed by atoms with van der Waals surface area (Å²) in [6, 6.07) is 1.78. The summed E-state index contributed by atoms with van der Waals surface area (Å²) >= 11 is 0. The van der Waals surface area contributed by atoms with E-state index in [1.165, 1.54) is 6.92 Å². The highest BCUT2D eigenvalue weighted by Crippen LogP contribution is 2.25. The fourth-order valence-electron chi connectivity index (χ4n) is 1.75. The molecular weight excluding hydrogens is 180 g/mol. The highest BCUT2D eigenvalue weighted by Gasteiger charge is 2.20. The number of hydrogen-bond acceptors (Lipinski definition) is 4. The van der Waals surface area contributed by atoms with Gasteiger partial charge >= 0.3 is 0 Å². The largest absolute Gasteiger partial charge is 0.360 e. The molecule has 0 amide bonds. The molecule has 1 fully saturated rings. The van der Waals surface area contributed by atoms with Crippen molar-refractivity contribution in [2.45, 2.75) is 25.7 Å². The van der Waals surface area contributed by atoms with Crippen LogP contribution < -0.4 is 5.32 Å². The van der Waals surface area contributed by atoms with Crippen molar-refractivity contribution >= 4 is 5.78 Å². The molecule has 1 aliphatic rings. The second kappa shape index (κ2) is 3.92. The van der Waals surface area contributed by atoms with Gasteiger partial charge in [-0.15, -0.1) is 0 Å². The van der Waals surface area contributed by atoms with Gasteiger partial charge in [-0.1, -0.05) is 5.16 Å². The van der Waals surface area contributed by atoms with Crippen LogP contribution in [0.4, 0.5) is 0 Å². The molecule has 1 aromatic rings.